The van der Waals surface area contributed by atoms with E-state index in [0.717, 1.165) is 43.0 Å². The van der Waals surface area contributed by atoms with Crippen LogP contribution in [-0.4, -0.2) is 50.3 Å². The normalized spacial score (nSPS) is 15.2. The molecule has 35 heavy (non-hydrogen) atoms. The lowest BCUT2D eigenvalue weighted by atomic mass is 9.92. The lowest BCUT2D eigenvalue weighted by Crippen LogP contribution is -2.39. The minimum absolute atomic E-state index is 0.0184. The lowest BCUT2D eigenvalue weighted by molar-refractivity contribution is -0.385. The summed E-state index contributed by atoms with van der Waals surface area (Å²) in [5.41, 5.74) is 2.36. The van der Waals surface area contributed by atoms with Crippen LogP contribution >= 0.6 is 0 Å². The highest BCUT2D eigenvalue weighted by molar-refractivity contribution is 5.49. The molecule has 0 saturated carbocycles. The first-order valence-electron chi connectivity index (χ1n) is 11.6. The van der Waals surface area contributed by atoms with Crippen LogP contribution in [0.3, 0.4) is 0 Å². The van der Waals surface area contributed by atoms with Gasteiger partial charge in [0.2, 0.25) is 0 Å². The zero-order valence-corrected chi connectivity index (χ0v) is 20.0. The van der Waals surface area contributed by atoms with E-state index >= 15 is 0 Å². The molecule has 1 atom stereocenters. The van der Waals surface area contributed by atoms with Crippen LogP contribution in [-0.2, 0) is 6.42 Å². The first-order chi connectivity index (χ1) is 17.1. The third-order valence-corrected chi connectivity index (χ3v) is 6.17. The third kappa shape index (κ3) is 5.84. The van der Waals surface area contributed by atoms with E-state index in [0.29, 0.717) is 24.7 Å². The summed E-state index contributed by atoms with van der Waals surface area (Å²) >= 11 is 0. The van der Waals surface area contributed by atoms with Crippen molar-refractivity contribution in [3.63, 3.8) is 0 Å². The molecule has 0 fully saturated rings. The molecule has 3 aromatic carbocycles. The number of benzene rings is 3. The van der Waals surface area contributed by atoms with Crippen molar-refractivity contribution in [3.8, 4) is 23.0 Å². The molecular weight excluding hydrogens is 448 g/mol. The molecule has 0 bridgehead atoms. The largest absolute Gasteiger partial charge is 0.493 e. The van der Waals surface area contributed by atoms with Crippen LogP contribution in [0.5, 0.6) is 23.0 Å². The number of fused-ring (bicyclic) bond motifs is 1. The smallest absolute Gasteiger partial charge is 0.310 e. The molecular formula is C27H30N2O6. The molecule has 0 aromatic heterocycles. The number of nitrogens with zero attached hydrogens (tertiary/aromatic N) is 2. The molecule has 3 aromatic rings. The Kier molecular flexibility index (Phi) is 8.05. The highest BCUT2D eigenvalue weighted by Crippen LogP contribution is 2.38. The Morgan fingerprint density at radius 2 is 1.66 bits per heavy atom. The highest BCUT2D eigenvalue weighted by Gasteiger charge is 2.29. The summed E-state index contributed by atoms with van der Waals surface area (Å²) in [4.78, 5) is 13.2. The Morgan fingerprint density at radius 3 is 2.40 bits per heavy atom. The summed E-state index contributed by atoms with van der Waals surface area (Å²) in [7, 11) is 3.28. The van der Waals surface area contributed by atoms with Gasteiger partial charge in [-0.15, -0.1) is 0 Å². The molecule has 184 valence electrons. The van der Waals surface area contributed by atoms with Crippen LogP contribution in [0.1, 0.15) is 23.6 Å². The van der Waals surface area contributed by atoms with Crippen LogP contribution in [0.15, 0.2) is 66.7 Å². The quantitative estimate of drug-likeness (QED) is 0.216. The molecule has 0 saturated heterocycles. The predicted octanol–water partition coefficient (Wildman–Crippen LogP) is 5.06. The Morgan fingerprint density at radius 1 is 0.943 bits per heavy atom. The lowest BCUT2D eigenvalue weighted by Gasteiger charge is -2.37. The second kappa shape index (κ2) is 11.6. The van der Waals surface area contributed by atoms with Crippen molar-refractivity contribution in [3.05, 3.63) is 88.0 Å². The topological polar surface area (TPSA) is 83.3 Å². The Balaban J connectivity index is 1.48. The average molecular weight is 479 g/mol. The van der Waals surface area contributed by atoms with Crippen molar-refractivity contribution in [1.29, 1.82) is 0 Å². The molecule has 0 spiro atoms. The van der Waals surface area contributed by atoms with Crippen LogP contribution < -0.4 is 18.9 Å². The van der Waals surface area contributed by atoms with Crippen molar-refractivity contribution in [1.82, 2.24) is 4.90 Å². The van der Waals surface area contributed by atoms with E-state index in [1.165, 1.54) is 11.6 Å². The molecule has 1 aliphatic rings. The molecule has 0 amide bonds. The van der Waals surface area contributed by atoms with Gasteiger partial charge >= 0.3 is 5.69 Å². The van der Waals surface area contributed by atoms with Gasteiger partial charge in [0.05, 0.1) is 31.8 Å². The highest BCUT2D eigenvalue weighted by atomic mass is 16.6. The number of nitro groups is 1. The van der Waals surface area contributed by atoms with E-state index in [2.05, 4.69) is 11.0 Å². The van der Waals surface area contributed by atoms with Crippen molar-refractivity contribution in [2.45, 2.75) is 18.9 Å². The van der Waals surface area contributed by atoms with Crippen LogP contribution in [0.2, 0.25) is 0 Å². The number of hydrogen-bond acceptors (Lipinski definition) is 7. The van der Waals surface area contributed by atoms with Crippen LogP contribution in [0.4, 0.5) is 5.69 Å². The number of methoxy groups -OCH3 is 2. The van der Waals surface area contributed by atoms with Gasteiger partial charge in [-0.05, 0) is 54.3 Å². The summed E-state index contributed by atoms with van der Waals surface area (Å²) in [6, 6.07) is 20.3. The van der Waals surface area contributed by atoms with Gasteiger partial charge in [0, 0.05) is 19.2 Å². The fourth-order valence-electron chi connectivity index (χ4n) is 4.41. The third-order valence-electron chi connectivity index (χ3n) is 6.17. The summed E-state index contributed by atoms with van der Waals surface area (Å²) in [6.45, 7) is 2.48. The van der Waals surface area contributed by atoms with Gasteiger partial charge in [-0.25, -0.2) is 0 Å². The molecule has 1 unspecified atom stereocenters. The van der Waals surface area contributed by atoms with Gasteiger partial charge in [0.1, 0.15) is 12.4 Å². The molecule has 4 rings (SSSR count). The minimum atomic E-state index is -0.421. The Labute approximate surface area is 205 Å². The molecule has 0 aliphatic carbocycles. The maximum atomic E-state index is 11.2. The first-order valence-corrected chi connectivity index (χ1v) is 11.6. The van der Waals surface area contributed by atoms with Gasteiger partial charge in [0.15, 0.2) is 17.2 Å². The van der Waals surface area contributed by atoms with Gasteiger partial charge in [0.25, 0.3) is 0 Å². The monoisotopic (exact) mass is 478 g/mol. The van der Waals surface area contributed by atoms with Gasteiger partial charge in [-0.1, -0.05) is 30.3 Å². The van der Waals surface area contributed by atoms with E-state index in [4.69, 9.17) is 18.9 Å². The molecule has 1 aliphatic heterocycles. The summed E-state index contributed by atoms with van der Waals surface area (Å²) in [5.74, 6) is 2.53. The van der Waals surface area contributed by atoms with E-state index in [-0.39, 0.29) is 11.7 Å². The standard InChI is InChI=1S/C27H30N2O6/c1-32-26-17-20-13-15-28(14-8-16-34-25-12-7-6-11-23(25)29(30)31)24(22(20)18-27(26)33-2)19-35-21-9-4-3-5-10-21/h3-7,9-12,17-18,24H,8,13-16,19H2,1-2H3. The first kappa shape index (κ1) is 24.3. The Hall–Kier alpha value is -3.78. The summed E-state index contributed by atoms with van der Waals surface area (Å²) < 4.78 is 23.0. The predicted molar refractivity (Wildman–Crippen MR) is 133 cm³/mol. The maximum Gasteiger partial charge on any atom is 0.310 e. The molecule has 8 nitrogen and oxygen atoms in total. The van der Waals surface area contributed by atoms with E-state index in [1.54, 1.807) is 32.4 Å². The van der Waals surface area contributed by atoms with Crippen LogP contribution in [0, 0.1) is 10.1 Å². The Bertz CT molecular complexity index is 1140. The zero-order chi connectivity index (χ0) is 24.6. The summed E-state index contributed by atoms with van der Waals surface area (Å²) in [5, 5.41) is 11.2. The average Bonchev–Trinajstić information content (AvgIpc) is 2.90. The van der Waals surface area contributed by atoms with Crippen molar-refractivity contribution in [2.24, 2.45) is 0 Å². The fraction of sp³-hybridized carbons (Fsp3) is 0.333. The molecule has 8 heteroatoms. The number of para-hydroxylation sites is 3. The second-order valence-corrected chi connectivity index (χ2v) is 8.26. The summed E-state index contributed by atoms with van der Waals surface area (Å²) in [6.07, 6.45) is 1.60. The number of nitro benzene ring substituents is 1. The van der Waals surface area contributed by atoms with Crippen molar-refractivity contribution in [2.75, 3.05) is 40.5 Å². The van der Waals surface area contributed by atoms with Gasteiger partial charge in [-0.2, -0.15) is 0 Å². The number of hydrogen-bond donors (Lipinski definition) is 0. The van der Waals surface area contributed by atoms with Crippen LogP contribution in [0.25, 0.3) is 0 Å². The number of ether oxygens (including phenoxy) is 4. The molecule has 0 radical (unpaired) electrons. The van der Waals surface area contributed by atoms with E-state index in [1.807, 2.05) is 36.4 Å². The van der Waals surface area contributed by atoms with Gasteiger partial charge < -0.3 is 18.9 Å². The van der Waals surface area contributed by atoms with Gasteiger partial charge in [-0.3, -0.25) is 15.0 Å². The number of rotatable bonds is 11. The van der Waals surface area contributed by atoms with Crippen molar-refractivity contribution < 1.29 is 23.9 Å². The SMILES string of the molecule is COc1cc2c(cc1OC)C(COc1ccccc1)N(CCCOc1ccccc1[N+](=O)[O-])CC2. The second-order valence-electron chi connectivity index (χ2n) is 8.26. The fourth-order valence-corrected chi connectivity index (χ4v) is 4.41. The van der Waals surface area contributed by atoms with E-state index < -0.39 is 4.92 Å². The van der Waals surface area contributed by atoms with Crippen molar-refractivity contribution >= 4 is 5.69 Å². The zero-order valence-electron chi connectivity index (χ0n) is 20.0. The maximum absolute atomic E-state index is 11.2. The minimum Gasteiger partial charge on any atom is -0.493 e. The molecule has 1 heterocycles. The van der Waals surface area contributed by atoms with E-state index in [9.17, 15) is 10.1 Å². The molecule has 0 N–H and O–H groups in total.